The van der Waals surface area contributed by atoms with Crippen LogP contribution in [0.2, 0.25) is 0 Å². The predicted molar refractivity (Wildman–Crippen MR) is 89.9 cm³/mol. The monoisotopic (exact) mass is 343 g/mol. The highest BCUT2D eigenvalue weighted by Gasteiger charge is 2.41. The first kappa shape index (κ1) is 17.0. The quantitative estimate of drug-likeness (QED) is 0.897. The Morgan fingerprint density at radius 1 is 1.44 bits per heavy atom. The van der Waals surface area contributed by atoms with Crippen molar-refractivity contribution in [3.05, 3.63) is 47.8 Å². The van der Waals surface area contributed by atoms with E-state index in [1.807, 2.05) is 24.3 Å². The van der Waals surface area contributed by atoms with E-state index in [1.54, 1.807) is 36.1 Å². The summed E-state index contributed by atoms with van der Waals surface area (Å²) in [7, 11) is 3.36. The maximum absolute atomic E-state index is 12.6. The normalized spacial score (nSPS) is 20.6. The average molecular weight is 343 g/mol. The van der Waals surface area contributed by atoms with Crippen molar-refractivity contribution in [1.29, 1.82) is 0 Å². The second-order valence-corrected chi connectivity index (χ2v) is 6.25. The minimum absolute atomic E-state index is 0.0471. The molecule has 0 aliphatic carbocycles. The second kappa shape index (κ2) is 6.96. The number of methoxy groups -OCH3 is 1. The maximum Gasteiger partial charge on any atom is 0.308 e. The maximum atomic E-state index is 12.6. The molecule has 1 saturated heterocycles. The van der Waals surface area contributed by atoms with E-state index >= 15 is 0 Å². The van der Waals surface area contributed by atoms with Crippen LogP contribution in [0, 0.1) is 5.92 Å². The number of amides is 1. The summed E-state index contributed by atoms with van der Waals surface area (Å²) in [5.74, 6) is -0.881. The van der Waals surface area contributed by atoms with Crippen molar-refractivity contribution >= 4 is 11.9 Å². The lowest BCUT2D eigenvalue weighted by Gasteiger charge is -2.39. The van der Waals surface area contributed by atoms with Crippen LogP contribution in [0.4, 0.5) is 0 Å². The lowest BCUT2D eigenvalue weighted by atomic mass is 9.85. The highest BCUT2D eigenvalue weighted by molar-refractivity contribution is 5.81. The van der Waals surface area contributed by atoms with Crippen molar-refractivity contribution in [2.24, 2.45) is 13.0 Å². The lowest BCUT2D eigenvalue weighted by molar-refractivity contribution is -0.152. The number of aryl methyl sites for hydroxylation is 1. The van der Waals surface area contributed by atoms with Crippen LogP contribution in [0.1, 0.15) is 30.0 Å². The van der Waals surface area contributed by atoms with Crippen molar-refractivity contribution < 1.29 is 19.4 Å². The molecule has 1 amide bonds. The number of aliphatic carboxylic acids is 1. The summed E-state index contributed by atoms with van der Waals surface area (Å²) >= 11 is 0. The number of likely N-dealkylation sites (tertiary alicyclic amines) is 1. The molecule has 1 fully saturated rings. The van der Waals surface area contributed by atoms with Gasteiger partial charge in [0, 0.05) is 31.8 Å². The van der Waals surface area contributed by atoms with Crippen molar-refractivity contribution in [1.82, 2.24) is 14.7 Å². The molecule has 0 spiro atoms. The lowest BCUT2D eigenvalue weighted by Crippen LogP contribution is -2.44. The van der Waals surface area contributed by atoms with Crippen molar-refractivity contribution in [2.45, 2.75) is 25.4 Å². The van der Waals surface area contributed by atoms with E-state index in [9.17, 15) is 14.7 Å². The molecule has 0 saturated carbocycles. The Morgan fingerprint density at radius 3 is 2.88 bits per heavy atom. The van der Waals surface area contributed by atoms with Crippen LogP contribution < -0.4 is 4.74 Å². The van der Waals surface area contributed by atoms with Gasteiger partial charge < -0.3 is 14.7 Å². The third kappa shape index (κ3) is 3.50. The van der Waals surface area contributed by atoms with E-state index in [4.69, 9.17) is 4.74 Å². The SMILES string of the molecule is COc1cccc(CN2C(=O)CC[C@H](C(=O)O)[C@@H]2c2cnn(C)c2)c1. The summed E-state index contributed by atoms with van der Waals surface area (Å²) in [4.78, 5) is 26.0. The minimum Gasteiger partial charge on any atom is -0.497 e. The fourth-order valence-corrected chi connectivity index (χ4v) is 3.37. The number of carbonyl (C=O) groups is 2. The Kier molecular flexibility index (Phi) is 4.74. The van der Waals surface area contributed by atoms with Gasteiger partial charge in [0.1, 0.15) is 5.75 Å². The number of benzene rings is 1. The smallest absolute Gasteiger partial charge is 0.308 e. The number of carboxylic acids is 1. The number of rotatable bonds is 5. The predicted octanol–water partition coefficient (Wildman–Crippen LogP) is 1.99. The van der Waals surface area contributed by atoms with Gasteiger partial charge in [-0.05, 0) is 24.1 Å². The first-order valence-electron chi connectivity index (χ1n) is 8.13. The van der Waals surface area contributed by atoms with E-state index in [-0.39, 0.29) is 12.3 Å². The molecule has 0 bridgehead atoms. The summed E-state index contributed by atoms with van der Waals surface area (Å²) in [6.07, 6.45) is 3.98. The van der Waals surface area contributed by atoms with Gasteiger partial charge in [0.15, 0.2) is 0 Å². The molecule has 7 nitrogen and oxygen atoms in total. The van der Waals surface area contributed by atoms with Crippen LogP contribution in [-0.2, 0) is 23.2 Å². The molecule has 1 aliphatic heterocycles. The van der Waals surface area contributed by atoms with Crippen LogP contribution in [0.25, 0.3) is 0 Å². The summed E-state index contributed by atoms with van der Waals surface area (Å²) in [6.45, 7) is 0.333. The molecule has 2 atom stereocenters. The topological polar surface area (TPSA) is 84.7 Å². The van der Waals surface area contributed by atoms with Crippen LogP contribution >= 0.6 is 0 Å². The van der Waals surface area contributed by atoms with Gasteiger partial charge in [-0.15, -0.1) is 0 Å². The van der Waals surface area contributed by atoms with Crippen LogP contribution in [0.3, 0.4) is 0 Å². The molecule has 132 valence electrons. The van der Waals surface area contributed by atoms with E-state index in [0.717, 1.165) is 11.1 Å². The fourth-order valence-electron chi connectivity index (χ4n) is 3.37. The van der Waals surface area contributed by atoms with E-state index in [1.165, 1.54) is 0 Å². The number of hydrogen-bond acceptors (Lipinski definition) is 4. The van der Waals surface area contributed by atoms with Crippen molar-refractivity contribution in [3.63, 3.8) is 0 Å². The molecule has 0 radical (unpaired) electrons. The van der Waals surface area contributed by atoms with Crippen LogP contribution in [0.5, 0.6) is 5.75 Å². The Morgan fingerprint density at radius 2 is 2.24 bits per heavy atom. The highest BCUT2D eigenvalue weighted by Crippen LogP contribution is 2.38. The number of ether oxygens (including phenoxy) is 1. The number of nitrogens with zero attached hydrogens (tertiary/aromatic N) is 3. The van der Waals surface area contributed by atoms with Gasteiger partial charge in [0.05, 0.1) is 25.3 Å². The zero-order valence-corrected chi connectivity index (χ0v) is 14.3. The average Bonchev–Trinajstić information content (AvgIpc) is 3.02. The number of piperidine rings is 1. The standard InChI is InChI=1S/C18H21N3O4/c1-20-11-13(9-19-20)17-15(18(23)24)6-7-16(22)21(17)10-12-4-3-5-14(8-12)25-2/h3-5,8-9,11,15,17H,6-7,10H2,1-2H3,(H,23,24)/t15-,17-/m0/s1. The molecule has 2 aromatic rings. The molecule has 7 heteroatoms. The minimum atomic E-state index is -0.892. The molecule has 0 unspecified atom stereocenters. The zero-order valence-electron chi connectivity index (χ0n) is 14.3. The molecule has 1 aliphatic rings. The van der Waals surface area contributed by atoms with Gasteiger partial charge >= 0.3 is 5.97 Å². The third-order valence-electron chi connectivity index (χ3n) is 4.58. The van der Waals surface area contributed by atoms with Crippen LogP contribution in [-0.4, -0.2) is 38.8 Å². The largest absolute Gasteiger partial charge is 0.497 e. The summed E-state index contributed by atoms with van der Waals surface area (Å²) in [5.41, 5.74) is 1.64. The highest BCUT2D eigenvalue weighted by atomic mass is 16.5. The van der Waals surface area contributed by atoms with Gasteiger partial charge in [-0.3, -0.25) is 14.3 Å². The summed E-state index contributed by atoms with van der Waals surface area (Å²) in [6, 6.07) is 6.92. The van der Waals surface area contributed by atoms with Gasteiger partial charge in [-0.1, -0.05) is 12.1 Å². The summed E-state index contributed by atoms with van der Waals surface area (Å²) in [5, 5.41) is 13.8. The van der Waals surface area contributed by atoms with E-state index in [2.05, 4.69) is 5.10 Å². The molecule has 3 rings (SSSR count). The van der Waals surface area contributed by atoms with Crippen molar-refractivity contribution in [2.75, 3.05) is 7.11 Å². The molecule has 1 N–H and O–H groups in total. The fraction of sp³-hybridized carbons (Fsp3) is 0.389. The van der Waals surface area contributed by atoms with E-state index < -0.39 is 17.9 Å². The number of hydrogen-bond donors (Lipinski definition) is 1. The molecule has 25 heavy (non-hydrogen) atoms. The molecule has 1 aromatic heterocycles. The van der Waals surface area contributed by atoms with Gasteiger partial charge in [0.2, 0.25) is 5.91 Å². The zero-order chi connectivity index (χ0) is 18.0. The Bertz CT molecular complexity index is 786. The number of carboxylic acid groups (broad SMARTS) is 1. The van der Waals surface area contributed by atoms with Gasteiger partial charge in [-0.2, -0.15) is 5.10 Å². The second-order valence-electron chi connectivity index (χ2n) is 6.25. The Labute approximate surface area is 145 Å². The van der Waals surface area contributed by atoms with E-state index in [0.29, 0.717) is 18.7 Å². The molecule has 2 heterocycles. The van der Waals surface area contributed by atoms with Crippen LogP contribution in [0.15, 0.2) is 36.7 Å². The van der Waals surface area contributed by atoms with Gasteiger partial charge in [-0.25, -0.2) is 0 Å². The molecular formula is C18H21N3O4. The Balaban J connectivity index is 1.96. The van der Waals surface area contributed by atoms with Gasteiger partial charge in [0.25, 0.3) is 0 Å². The number of aromatic nitrogens is 2. The third-order valence-corrected chi connectivity index (χ3v) is 4.58. The first-order chi connectivity index (χ1) is 12.0. The molecular weight excluding hydrogens is 322 g/mol. The molecule has 1 aromatic carbocycles. The van der Waals surface area contributed by atoms with Crippen molar-refractivity contribution in [3.8, 4) is 5.75 Å². The Hall–Kier alpha value is -2.83. The first-order valence-corrected chi connectivity index (χ1v) is 8.13. The summed E-state index contributed by atoms with van der Waals surface area (Å²) < 4.78 is 6.86. The number of carbonyl (C=O) groups excluding carboxylic acids is 1.